The molecule has 0 saturated carbocycles. The number of aliphatic hydroxyl groups excluding tert-OH is 1. The molecule has 3 rings (SSSR count). The van der Waals surface area contributed by atoms with Crippen LogP contribution in [-0.2, 0) is 26.1 Å². The first kappa shape index (κ1) is 28.9. The summed E-state index contributed by atoms with van der Waals surface area (Å²) < 4.78 is 13.6. The average Bonchev–Trinajstić information content (AvgIpc) is 3.23. The normalized spacial score (nSPS) is 29.9. The third-order valence-corrected chi connectivity index (χ3v) is 7.62. The summed E-state index contributed by atoms with van der Waals surface area (Å²) in [6.07, 6.45) is 13.2. The van der Waals surface area contributed by atoms with Crippen molar-refractivity contribution >= 4 is 18.0 Å². The third kappa shape index (κ3) is 7.91. The smallest absolute Gasteiger partial charge is 0.331 e. The number of aromatic nitrogens is 2. The van der Waals surface area contributed by atoms with Crippen LogP contribution in [0.1, 0.15) is 72.9 Å². The first-order valence-corrected chi connectivity index (χ1v) is 13.4. The lowest BCUT2D eigenvalue weighted by atomic mass is 9.64. The van der Waals surface area contributed by atoms with Gasteiger partial charge in [-0.1, -0.05) is 37.6 Å². The molecule has 37 heavy (non-hydrogen) atoms. The summed E-state index contributed by atoms with van der Waals surface area (Å²) >= 11 is 0. The van der Waals surface area contributed by atoms with Gasteiger partial charge in [-0.15, -0.1) is 0 Å². The van der Waals surface area contributed by atoms with Gasteiger partial charge in [0.05, 0.1) is 17.4 Å². The van der Waals surface area contributed by atoms with Crippen molar-refractivity contribution in [2.45, 2.75) is 85.5 Å². The minimum absolute atomic E-state index is 0.160. The predicted molar refractivity (Wildman–Crippen MR) is 144 cm³/mol. The Morgan fingerprint density at radius 1 is 1.19 bits per heavy atom. The highest BCUT2D eigenvalue weighted by Gasteiger charge is 2.41. The van der Waals surface area contributed by atoms with Gasteiger partial charge in [0.25, 0.3) is 0 Å². The molecule has 0 saturated heterocycles. The summed E-state index contributed by atoms with van der Waals surface area (Å²) in [5.41, 5.74) is 1.31. The number of nitrogens with zero attached hydrogens (tertiary/aromatic N) is 2. The molecule has 0 spiro atoms. The topological polar surface area (TPSA) is 90.7 Å². The van der Waals surface area contributed by atoms with E-state index in [1.807, 2.05) is 44.7 Å². The summed E-state index contributed by atoms with van der Waals surface area (Å²) in [4.78, 5) is 29.7. The summed E-state index contributed by atoms with van der Waals surface area (Å²) in [6, 6.07) is 0. The van der Waals surface area contributed by atoms with E-state index in [1.54, 1.807) is 18.5 Å². The molecule has 204 valence electrons. The van der Waals surface area contributed by atoms with Crippen molar-refractivity contribution in [3.8, 4) is 0 Å². The van der Waals surface area contributed by atoms with E-state index in [0.717, 1.165) is 6.42 Å². The van der Waals surface area contributed by atoms with Crippen LogP contribution in [0.15, 0.2) is 42.4 Å². The molecule has 2 aliphatic rings. The van der Waals surface area contributed by atoms with E-state index < -0.39 is 23.6 Å². The zero-order chi connectivity index (χ0) is 27.3. The van der Waals surface area contributed by atoms with Crippen LogP contribution in [0.25, 0.3) is 6.08 Å². The van der Waals surface area contributed by atoms with Crippen LogP contribution in [0.2, 0.25) is 0 Å². The fourth-order valence-corrected chi connectivity index (χ4v) is 5.44. The summed E-state index contributed by atoms with van der Waals surface area (Å²) in [7, 11) is 1.87. The van der Waals surface area contributed by atoms with Crippen molar-refractivity contribution < 1.29 is 24.2 Å². The van der Waals surface area contributed by atoms with E-state index in [9.17, 15) is 14.7 Å². The Hall–Kier alpha value is -2.67. The SMILES string of the molecule is CC1=CC[C@H](C(C)C)[C@H]2C[C@H](OC(=O)C(C)(C)C)[C@@H](O)/C=C\C[C@@H](OC(=O)C=Cc3cn(C)cn3)C[C@@H]12. The van der Waals surface area contributed by atoms with Crippen molar-refractivity contribution in [1.82, 2.24) is 9.55 Å². The molecule has 0 bridgehead atoms. The number of ether oxygens (including phenoxy) is 2. The molecule has 7 nitrogen and oxygen atoms in total. The molecule has 0 aromatic carbocycles. The van der Waals surface area contributed by atoms with E-state index in [1.165, 1.54) is 11.6 Å². The lowest BCUT2D eigenvalue weighted by Gasteiger charge is -2.43. The molecule has 0 radical (unpaired) electrons. The van der Waals surface area contributed by atoms with Gasteiger partial charge >= 0.3 is 11.9 Å². The zero-order valence-electron chi connectivity index (χ0n) is 23.4. The first-order chi connectivity index (χ1) is 17.3. The number of rotatable bonds is 5. The number of aliphatic hydroxyl groups is 1. The fourth-order valence-electron chi connectivity index (χ4n) is 5.44. The largest absolute Gasteiger partial charge is 0.459 e. The minimum atomic E-state index is -0.926. The van der Waals surface area contributed by atoms with Crippen LogP contribution in [0.5, 0.6) is 0 Å². The van der Waals surface area contributed by atoms with Gasteiger partial charge in [0, 0.05) is 25.7 Å². The number of hydrogen-bond acceptors (Lipinski definition) is 6. The number of aryl methyl sites for hydroxylation is 1. The first-order valence-electron chi connectivity index (χ1n) is 13.4. The highest BCUT2D eigenvalue weighted by Crippen LogP contribution is 2.45. The Balaban J connectivity index is 1.86. The van der Waals surface area contributed by atoms with Gasteiger partial charge in [0.2, 0.25) is 0 Å². The van der Waals surface area contributed by atoms with Gasteiger partial charge in [-0.2, -0.15) is 0 Å². The summed E-state index contributed by atoms with van der Waals surface area (Å²) in [5.74, 6) is 0.430. The molecule has 0 amide bonds. The molecule has 1 N–H and O–H groups in total. The molecule has 2 aliphatic carbocycles. The number of carbonyl (C=O) groups is 2. The maximum absolute atomic E-state index is 12.8. The molecule has 1 aromatic heterocycles. The number of carbonyl (C=O) groups excluding carboxylic acids is 2. The van der Waals surface area contributed by atoms with Crippen LogP contribution < -0.4 is 0 Å². The van der Waals surface area contributed by atoms with E-state index in [0.29, 0.717) is 36.8 Å². The van der Waals surface area contributed by atoms with E-state index in [2.05, 4.69) is 31.8 Å². The molecule has 1 heterocycles. The molecule has 1 aromatic rings. The van der Waals surface area contributed by atoms with Crippen LogP contribution in [0.3, 0.4) is 0 Å². The standard InChI is InChI=1S/C30H44N2O5/c1-19(2)23-13-11-20(3)24-15-22(36-28(34)14-12-21-17-32(7)18-31-21)9-8-10-26(33)27(16-25(23)24)37-29(35)30(4,5)6/h8,10-12,14,17-19,22-27,33H,9,13,15-16H2,1-7H3/b10-8-,14-12?/t22-,23-,24+,25-,26+,27+/m1/s1. The lowest BCUT2D eigenvalue weighted by Crippen LogP contribution is -2.42. The third-order valence-electron chi connectivity index (χ3n) is 7.62. The number of esters is 2. The molecular formula is C30H44N2O5. The minimum Gasteiger partial charge on any atom is -0.459 e. The quantitative estimate of drug-likeness (QED) is 0.329. The van der Waals surface area contributed by atoms with Gasteiger partial charge in [0.1, 0.15) is 18.3 Å². The van der Waals surface area contributed by atoms with Gasteiger partial charge < -0.3 is 19.1 Å². The Morgan fingerprint density at radius 3 is 2.54 bits per heavy atom. The van der Waals surface area contributed by atoms with Crippen molar-refractivity contribution in [3.05, 3.63) is 48.1 Å². The number of fused-ring (bicyclic) bond motifs is 1. The van der Waals surface area contributed by atoms with Gasteiger partial charge in [-0.05, 0) is 76.7 Å². The van der Waals surface area contributed by atoms with E-state index >= 15 is 0 Å². The Labute approximate surface area is 221 Å². The predicted octanol–water partition coefficient (Wildman–Crippen LogP) is 5.26. The molecule has 0 fully saturated rings. The summed E-state index contributed by atoms with van der Waals surface area (Å²) in [5, 5.41) is 11.1. The average molecular weight is 513 g/mol. The van der Waals surface area contributed by atoms with Crippen LogP contribution in [0.4, 0.5) is 0 Å². The Morgan fingerprint density at radius 2 is 1.92 bits per heavy atom. The molecule has 6 atom stereocenters. The number of allylic oxidation sites excluding steroid dienone is 2. The number of hydrogen-bond donors (Lipinski definition) is 1. The number of imidazole rings is 1. The Kier molecular flexibility index (Phi) is 9.57. The second-order valence-corrected chi connectivity index (χ2v) is 12.0. The second kappa shape index (κ2) is 12.2. The molecule has 0 unspecified atom stereocenters. The molecule has 7 heteroatoms. The highest BCUT2D eigenvalue weighted by atomic mass is 16.6. The van der Waals surface area contributed by atoms with Gasteiger partial charge in [-0.3, -0.25) is 4.79 Å². The molecule has 0 aliphatic heterocycles. The molecular weight excluding hydrogens is 468 g/mol. The monoisotopic (exact) mass is 512 g/mol. The van der Waals surface area contributed by atoms with Crippen molar-refractivity contribution in [2.75, 3.05) is 0 Å². The maximum Gasteiger partial charge on any atom is 0.331 e. The van der Waals surface area contributed by atoms with Crippen molar-refractivity contribution in [3.63, 3.8) is 0 Å². The van der Waals surface area contributed by atoms with E-state index in [-0.39, 0.29) is 23.9 Å². The Bertz CT molecular complexity index is 1030. The highest BCUT2D eigenvalue weighted by molar-refractivity contribution is 5.86. The van der Waals surface area contributed by atoms with Crippen LogP contribution >= 0.6 is 0 Å². The lowest BCUT2D eigenvalue weighted by molar-refractivity contribution is -0.165. The van der Waals surface area contributed by atoms with Crippen LogP contribution in [-0.4, -0.2) is 44.9 Å². The fraction of sp³-hybridized carbons (Fsp3) is 0.633. The van der Waals surface area contributed by atoms with E-state index in [4.69, 9.17) is 9.47 Å². The maximum atomic E-state index is 12.8. The second-order valence-electron chi connectivity index (χ2n) is 12.0. The zero-order valence-corrected chi connectivity index (χ0v) is 23.4. The van der Waals surface area contributed by atoms with Gasteiger partial charge in [-0.25, -0.2) is 9.78 Å². The van der Waals surface area contributed by atoms with Crippen molar-refractivity contribution in [1.29, 1.82) is 0 Å². The van der Waals surface area contributed by atoms with Crippen LogP contribution in [0, 0.1) is 29.1 Å². The van der Waals surface area contributed by atoms with Crippen molar-refractivity contribution in [2.24, 2.45) is 36.1 Å². The summed E-state index contributed by atoms with van der Waals surface area (Å²) in [6.45, 7) is 12.1. The van der Waals surface area contributed by atoms with Gasteiger partial charge in [0.15, 0.2) is 0 Å².